The number of nitrogens with zero attached hydrogens (tertiary/aromatic N) is 3. The standard InChI is InChI=1S/C24H25F2N3O2/c1-2-31-19-6-3-17(4-7-19)23-10-22(11-23,12-23)13-24(30,14-29-16-27-15-28-29)20-8-5-18(25)9-21(20)26/h3-9,15-16,30H,2,10-14H2,1H3/t22?,23?,24-/m0/s1. The zero-order chi connectivity index (χ0) is 21.7. The molecule has 0 aliphatic heterocycles. The summed E-state index contributed by atoms with van der Waals surface area (Å²) in [6.07, 6.45) is 6.09. The van der Waals surface area contributed by atoms with Crippen molar-refractivity contribution in [1.82, 2.24) is 14.8 Å². The molecule has 0 amide bonds. The summed E-state index contributed by atoms with van der Waals surface area (Å²) < 4.78 is 35.2. The molecule has 0 spiro atoms. The Bertz CT molecular complexity index is 1060. The van der Waals surface area contributed by atoms with Crippen molar-refractivity contribution in [2.75, 3.05) is 6.61 Å². The first-order chi connectivity index (χ1) is 14.9. The Hall–Kier alpha value is -2.80. The van der Waals surface area contributed by atoms with E-state index in [1.165, 1.54) is 35.0 Å². The van der Waals surface area contributed by atoms with E-state index in [2.05, 4.69) is 22.2 Å². The van der Waals surface area contributed by atoms with E-state index in [1.807, 2.05) is 19.1 Å². The molecule has 31 heavy (non-hydrogen) atoms. The third-order valence-electron chi connectivity index (χ3n) is 6.91. The molecule has 2 aromatic carbocycles. The molecule has 3 aliphatic rings. The molecule has 3 aliphatic carbocycles. The van der Waals surface area contributed by atoms with E-state index in [0.29, 0.717) is 13.0 Å². The quantitative estimate of drug-likeness (QED) is 0.583. The first-order valence-electron chi connectivity index (χ1n) is 10.6. The molecular weight excluding hydrogens is 400 g/mol. The average Bonchev–Trinajstić information content (AvgIpc) is 3.17. The highest BCUT2D eigenvalue weighted by Crippen LogP contribution is 2.76. The monoisotopic (exact) mass is 425 g/mol. The zero-order valence-electron chi connectivity index (χ0n) is 17.4. The molecule has 5 nitrogen and oxygen atoms in total. The summed E-state index contributed by atoms with van der Waals surface area (Å²) >= 11 is 0. The Labute approximate surface area is 179 Å². The van der Waals surface area contributed by atoms with E-state index >= 15 is 0 Å². The van der Waals surface area contributed by atoms with Gasteiger partial charge in [0.25, 0.3) is 0 Å². The van der Waals surface area contributed by atoms with Crippen LogP contribution in [0.1, 0.15) is 43.7 Å². The van der Waals surface area contributed by atoms with Crippen molar-refractivity contribution in [3.8, 4) is 5.75 Å². The average molecular weight is 425 g/mol. The third-order valence-corrected chi connectivity index (χ3v) is 6.91. The maximum Gasteiger partial charge on any atom is 0.137 e. The minimum absolute atomic E-state index is 0.0608. The van der Waals surface area contributed by atoms with Gasteiger partial charge in [-0.25, -0.2) is 18.4 Å². The van der Waals surface area contributed by atoms with Gasteiger partial charge in [0.2, 0.25) is 0 Å². The van der Waals surface area contributed by atoms with Crippen molar-refractivity contribution >= 4 is 0 Å². The van der Waals surface area contributed by atoms with Gasteiger partial charge >= 0.3 is 0 Å². The number of aliphatic hydroxyl groups is 1. The van der Waals surface area contributed by atoms with Crippen LogP contribution in [0.5, 0.6) is 5.75 Å². The lowest BCUT2D eigenvalue weighted by atomic mass is 9.32. The maximum atomic E-state index is 14.7. The molecule has 2 bridgehead atoms. The predicted molar refractivity (Wildman–Crippen MR) is 110 cm³/mol. The minimum Gasteiger partial charge on any atom is -0.494 e. The van der Waals surface area contributed by atoms with Gasteiger partial charge in [-0.2, -0.15) is 5.10 Å². The summed E-state index contributed by atoms with van der Waals surface area (Å²) in [5.74, 6) is -0.540. The second-order valence-electron chi connectivity index (χ2n) is 9.19. The van der Waals surface area contributed by atoms with Crippen LogP contribution in [0.2, 0.25) is 0 Å². The second kappa shape index (κ2) is 7.12. The van der Waals surface area contributed by atoms with Crippen LogP contribution in [0.4, 0.5) is 8.78 Å². The largest absolute Gasteiger partial charge is 0.494 e. The fraction of sp³-hybridized carbons (Fsp3) is 0.417. The van der Waals surface area contributed by atoms with Crippen LogP contribution in [0.15, 0.2) is 55.1 Å². The van der Waals surface area contributed by atoms with Crippen LogP contribution in [0.3, 0.4) is 0 Å². The molecule has 0 unspecified atom stereocenters. The number of ether oxygens (including phenoxy) is 1. The molecule has 3 aromatic rings. The normalized spacial score (nSPS) is 25.9. The van der Waals surface area contributed by atoms with E-state index in [9.17, 15) is 13.9 Å². The lowest BCUT2D eigenvalue weighted by molar-refractivity contribution is -0.188. The van der Waals surface area contributed by atoms with Gasteiger partial charge in [-0.15, -0.1) is 0 Å². The summed E-state index contributed by atoms with van der Waals surface area (Å²) in [6.45, 7) is 2.66. The Morgan fingerprint density at radius 3 is 2.48 bits per heavy atom. The molecule has 3 fully saturated rings. The topological polar surface area (TPSA) is 60.2 Å². The van der Waals surface area contributed by atoms with Crippen molar-refractivity contribution < 1.29 is 18.6 Å². The minimum atomic E-state index is -1.50. The van der Waals surface area contributed by atoms with Gasteiger partial charge in [-0.3, -0.25) is 0 Å². The maximum absolute atomic E-state index is 14.7. The molecule has 1 N–H and O–H groups in total. The van der Waals surface area contributed by atoms with Gasteiger partial charge in [0.1, 0.15) is 35.6 Å². The van der Waals surface area contributed by atoms with E-state index in [0.717, 1.165) is 31.1 Å². The molecule has 7 heteroatoms. The number of hydrogen-bond acceptors (Lipinski definition) is 4. The molecule has 1 heterocycles. The molecule has 1 atom stereocenters. The molecule has 0 radical (unpaired) electrons. The summed E-state index contributed by atoms with van der Waals surface area (Å²) in [7, 11) is 0. The fourth-order valence-corrected chi connectivity index (χ4v) is 5.87. The van der Waals surface area contributed by atoms with E-state index in [1.54, 1.807) is 0 Å². The van der Waals surface area contributed by atoms with Crippen LogP contribution in [-0.4, -0.2) is 26.5 Å². The van der Waals surface area contributed by atoms with Gasteiger partial charge in [0.05, 0.1) is 13.2 Å². The summed E-state index contributed by atoms with van der Waals surface area (Å²) in [5, 5.41) is 15.7. The fourth-order valence-electron chi connectivity index (χ4n) is 5.87. The number of hydrogen-bond donors (Lipinski definition) is 1. The van der Waals surface area contributed by atoms with Crippen molar-refractivity contribution in [2.24, 2.45) is 5.41 Å². The molecule has 162 valence electrons. The van der Waals surface area contributed by atoms with Crippen LogP contribution >= 0.6 is 0 Å². The highest BCUT2D eigenvalue weighted by molar-refractivity contribution is 5.42. The van der Waals surface area contributed by atoms with Crippen molar-refractivity contribution in [1.29, 1.82) is 0 Å². The van der Waals surface area contributed by atoms with Crippen molar-refractivity contribution in [3.63, 3.8) is 0 Å². The van der Waals surface area contributed by atoms with Crippen LogP contribution < -0.4 is 4.74 Å². The lowest BCUT2D eigenvalue weighted by Crippen LogP contribution is -2.66. The Morgan fingerprint density at radius 1 is 1.13 bits per heavy atom. The number of aromatic nitrogens is 3. The first kappa shape index (κ1) is 20.1. The van der Waals surface area contributed by atoms with E-state index in [4.69, 9.17) is 4.74 Å². The van der Waals surface area contributed by atoms with Gasteiger partial charge in [0, 0.05) is 11.6 Å². The molecule has 6 rings (SSSR count). The zero-order valence-corrected chi connectivity index (χ0v) is 17.4. The smallest absolute Gasteiger partial charge is 0.137 e. The summed E-state index contributed by atoms with van der Waals surface area (Å²) in [6, 6.07) is 11.6. The van der Waals surface area contributed by atoms with Gasteiger partial charge in [-0.1, -0.05) is 18.2 Å². The Kier molecular flexibility index (Phi) is 4.62. The predicted octanol–water partition coefficient (Wildman–Crippen LogP) is 4.35. The molecular formula is C24H25F2N3O2. The van der Waals surface area contributed by atoms with E-state index < -0.39 is 17.2 Å². The number of benzene rings is 2. The highest BCUT2D eigenvalue weighted by Gasteiger charge is 2.69. The van der Waals surface area contributed by atoms with Crippen molar-refractivity contribution in [2.45, 2.75) is 50.2 Å². The highest BCUT2D eigenvalue weighted by atomic mass is 19.1. The van der Waals surface area contributed by atoms with Crippen LogP contribution in [-0.2, 0) is 17.6 Å². The van der Waals surface area contributed by atoms with Crippen LogP contribution in [0, 0.1) is 17.0 Å². The Morgan fingerprint density at radius 2 is 1.87 bits per heavy atom. The summed E-state index contributed by atoms with van der Waals surface area (Å²) in [4.78, 5) is 3.92. The van der Waals surface area contributed by atoms with Gasteiger partial charge in [0.15, 0.2) is 0 Å². The van der Waals surface area contributed by atoms with Gasteiger partial charge in [-0.05, 0) is 67.2 Å². The molecule has 3 saturated carbocycles. The van der Waals surface area contributed by atoms with Crippen molar-refractivity contribution in [3.05, 3.63) is 77.9 Å². The summed E-state index contributed by atoms with van der Waals surface area (Å²) in [5.41, 5.74) is -0.0545. The second-order valence-corrected chi connectivity index (χ2v) is 9.19. The number of halogens is 2. The SMILES string of the molecule is CCOc1ccc(C23CC(C[C@](O)(Cn4cncn4)c4ccc(F)cc4F)(C2)C3)cc1. The van der Waals surface area contributed by atoms with Crippen LogP contribution in [0.25, 0.3) is 0 Å². The lowest BCUT2D eigenvalue weighted by Gasteiger charge is -2.72. The third kappa shape index (κ3) is 3.41. The first-order valence-corrected chi connectivity index (χ1v) is 10.6. The van der Waals surface area contributed by atoms with E-state index in [-0.39, 0.29) is 22.9 Å². The Balaban J connectivity index is 1.36. The molecule has 0 saturated heterocycles. The number of rotatable bonds is 8. The van der Waals surface area contributed by atoms with Gasteiger partial charge < -0.3 is 9.84 Å². The molecule has 1 aromatic heterocycles.